The first-order chi connectivity index (χ1) is 29.1. The molecule has 4 fully saturated rings. The number of fused-ring (bicyclic) bond motifs is 4. The minimum absolute atomic E-state index is 0.0509. The van der Waals surface area contributed by atoms with Crippen molar-refractivity contribution in [2.24, 2.45) is 16.7 Å². The van der Waals surface area contributed by atoms with Gasteiger partial charge in [-0.1, -0.05) is 32.0 Å². The molecule has 1 aromatic carbocycles. The van der Waals surface area contributed by atoms with Crippen molar-refractivity contribution in [1.29, 1.82) is 0 Å². The molecule has 346 valence electrons. The number of carbonyl (C=O) groups excluding carboxylic acids is 7. The van der Waals surface area contributed by atoms with Crippen molar-refractivity contribution in [1.82, 2.24) is 10.2 Å². The summed E-state index contributed by atoms with van der Waals surface area (Å²) < 4.78 is 76.1. The lowest BCUT2D eigenvalue weighted by atomic mass is 9.44. The fraction of sp³-hybridized carbons (Fsp3) is 0.643. The minimum atomic E-state index is -3.59. The average Bonchev–Trinajstić information content (AvgIpc) is 3.55. The number of ether oxygens (including phenoxy) is 8. The molecular formula is C42H52F2N2O17. The van der Waals surface area contributed by atoms with Gasteiger partial charge in [0.15, 0.2) is 41.9 Å². The van der Waals surface area contributed by atoms with E-state index in [1.807, 2.05) is 0 Å². The number of Topliss-reactive ketones (excluding diaryl/α,β-unsaturated/α-hetero) is 1. The Balaban J connectivity index is 1.63. The average molecular weight is 895 g/mol. The highest BCUT2D eigenvalue weighted by atomic mass is 19.3. The largest absolute Gasteiger partial charge is 0.509 e. The number of nitrogens with one attached hydrogen (secondary N) is 1. The van der Waals surface area contributed by atoms with Gasteiger partial charge in [-0.3, -0.25) is 9.59 Å². The van der Waals surface area contributed by atoms with E-state index in [0.717, 1.165) is 11.8 Å². The lowest BCUT2D eigenvalue weighted by Crippen LogP contribution is -2.83. The molecule has 2 bridgehead atoms. The first-order valence-corrected chi connectivity index (χ1v) is 20.1. The van der Waals surface area contributed by atoms with Crippen LogP contribution in [0, 0.1) is 16.7 Å². The maximum absolute atomic E-state index is 15.7. The molecule has 0 radical (unpaired) electrons. The molecule has 1 aromatic rings. The monoisotopic (exact) mass is 894 g/mol. The molecule has 1 spiro atoms. The van der Waals surface area contributed by atoms with Gasteiger partial charge in [0.05, 0.1) is 29.6 Å². The second kappa shape index (κ2) is 16.3. The van der Waals surface area contributed by atoms with Crippen molar-refractivity contribution in [3.05, 3.63) is 47.0 Å². The van der Waals surface area contributed by atoms with Gasteiger partial charge in [-0.05, 0) is 57.9 Å². The minimum Gasteiger partial charge on any atom is -0.454 e. The van der Waals surface area contributed by atoms with E-state index in [4.69, 9.17) is 37.9 Å². The molecule has 0 aromatic heterocycles. The van der Waals surface area contributed by atoms with Crippen molar-refractivity contribution in [3.63, 3.8) is 0 Å². The summed E-state index contributed by atoms with van der Waals surface area (Å²) >= 11 is 0. The molecule has 21 heteroatoms. The Labute approximate surface area is 360 Å². The van der Waals surface area contributed by atoms with Gasteiger partial charge >= 0.3 is 36.2 Å². The number of alkyl halides is 2. The van der Waals surface area contributed by atoms with Crippen LogP contribution >= 0.6 is 0 Å². The number of aliphatic hydroxyl groups excluding tert-OH is 2. The molecule has 63 heavy (non-hydrogen) atoms. The fourth-order valence-corrected chi connectivity index (χ4v) is 9.88. The lowest BCUT2D eigenvalue weighted by Gasteiger charge is -2.67. The van der Waals surface area contributed by atoms with Gasteiger partial charge in [0, 0.05) is 32.9 Å². The number of amides is 2. The van der Waals surface area contributed by atoms with Crippen molar-refractivity contribution in [2.45, 2.75) is 134 Å². The molecule has 5 aliphatic rings. The lowest BCUT2D eigenvalue weighted by molar-refractivity contribution is -0.345. The Morgan fingerprint density at radius 1 is 1.00 bits per heavy atom. The predicted octanol–water partition coefficient (Wildman–Crippen LogP) is 3.01. The normalized spacial score (nSPS) is 33.8. The topological polar surface area (TPSA) is 249 Å². The highest BCUT2D eigenvalue weighted by molar-refractivity contribution is 5.96. The summed E-state index contributed by atoms with van der Waals surface area (Å²) in [5.41, 5.74) is -10.2. The predicted molar refractivity (Wildman–Crippen MR) is 207 cm³/mol. The number of aliphatic hydroxyl groups is 2. The molecule has 3 aliphatic carbocycles. The van der Waals surface area contributed by atoms with E-state index in [1.54, 1.807) is 11.4 Å². The Morgan fingerprint density at radius 2 is 1.63 bits per heavy atom. The third-order valence-corrected chi connectivity index (χ3v) is 12.7. The van der Waals surface area contributed by atoms with E-state index in [9.17, 15) is 47.8 Å². The van der Waals surface area contributed by atoms with E-state index in [2.05, 4.69) is 0 Å². The molecule has 12 atom stereocenters. The third-order valence-electron chi connectivity index (χ3n) is 12.7. The van der Waals surface area contributed by atoms with Crippen LogP contribution in [0.1, 0.15) is 72.2 Å². The summed E-state index contributed by atoms with van der Waals surface area (Å²) in [5.74, 6) is -6.53. The highest BCUT2D eigenvalue weighted by Crippen LogP contribution is 2.67. The molecule has 6 rings (SSSR count). The van der Waals surface area contributed by atoms with Crippen molar-refractivity contribution in [3.8, 4) is 0 Å². The fourth-order valence-electron chi connectivity index (χ4n) is 9.88. The zero-order valence-corrected chi connectivity index (χ0v) is 36.3. The maximum Gasteiger partial charge on any atom is 0.509 e. The van der Waals surface area contributed by atoms with Gasteiger partial charge in [0.1, 0.15) is 17.7 Å². The summed E-state index contributed by atoms with van der Waals surface area (Å²) in [6.07, 6.45) is -21.6. The number of ketones is 1. The van der Waals surface area contributed by atoms with Crippen LogP contribution in [0.15, 0.2) is 41.5 Å². The summed E-state index contributed by atoms with van der Waals surface area (Å²) in [5, 5.41) is 25.1. The van der Waals surface area contributed by atoms with Crippen molar-refractivity contribution < 1.29 is 90.5 Å². The number of nitrogens with zero attached hydrogens (tertiary/aromatic N) is 1. The molecule has 2 saturated carbocycles. The molecule has 3 N–H and O–H groups in total. The number of rotatable bonds is 9. The first-order valence-electron chi connectivity index (χ1n) is 20.1. The summed E-state index contributed by atoms with van der Waals surface area (Å²) in [4.78, 5) is 98.1. The Morgan fingerprint density at radius 3 is 2.17 bits per heavy atom. The van der Waals surface area contributed by atoms with E-state index < -0.39 is 137 Å². The summed E-state index contributed by atoms with van der Waals surface area (Å²) in [6, 6.07) is 4.81. The second-order valence-electron chi connectivity index (χ2n) is 18.3. The van der Waals surface area contributed by atoms with Crippen LogP contribution in [0.2, 0.25) is 0 Å². The molecule has 2 aliphatic heterocycles. The Bertz CT molecular complexity index is 2090. The van der Waals surface area contributed by atoms with Crippen LogP contribution in [0.25, 0.3) is 0 Å². The number of halogens is 2. The van der Waals surface area contributed by atoms with E-state index in [1.165, 1.54) is 86.8 Å². The summed E-state index contributed by atoms with van der Waals surface area (Å²) in [7, 11) is 2.63. The molecule has 2 heterocycles. The van der Waals surface area contributed by atoms with Crippen LogP contribution in [0.3, 0.4) is 0 Å². The van der Waals surface area contributed by atoms with Gasteiger partial charge in [0.2, 0.25) is 5.60 Å². The molecule has 2 saturated heterocycles. The van der Waals surface area contributed by atoms with Crippen LogP contribution in [0.5, 0.6) is 0 Å². The van der Waals surface area contributed by atoms with E-state index in [0.29, 0.717) is 0 Å². The van der Waals surface area contributed by atoms with Crippen LogP contribution in [-0.2, 0) is 52.3 Å². The second-order valence-corrected chi connectivity index (χ2v) is 18.3. The van der Waals surface area contributed by atoms with Gasteiger partial charge < -0.3 is 58.3 Å². The van der Waals surface area contributed by atoms with Crippen LogP contribution in [-0.4, -0.2) is 150 Å². The zero-order valence-electron chi connectivity index (χ0n) is 36.3. The van der Waals surface area contributed by atoms with Crippen LogP contribution in [0.4, 0.5) is 23.2 Å². The molecular weight excluding hydrogens is 842 g/mol. The van der Waals surface area contributed by atoms with E-state index >= 15 is 4.79 Å². The number of esters is 3. The molecule has 0 unspecified atom stereocenters. The van der Waals surface area contributed by atoms with Crippen molar-refractivity contribution in [2.75, 3.05) is 20.7 Å². The first kappa shape index (κ1) is 47.1. The third kappa shape index (κ3) is 7.64. The number of hydrogen-bond acceptors (Lipinski definition) is 17. The quantitative estimate of drug-likeness (QED) is 0.183. The summed E-state index contributed by atoms with van der Waals surface area (Å²) in [6.45, 7) is 10.4. The Hall–Kier alpha value is -5.41. The SMILES string of the molecule is CC(=O)O[C@@]12CO[C@@H]1C[C@H](O)[C@@]1(C)C(=O)[C@H](OC(=O)N(C)C)C3=C(C)[C@@H](OC(=O)[C@H](O)[C@@H](NC(=O)OC(C)(C)C)C(F)F)[C@@H]4OC(=O)O[C@]4([C@@H](OC(=O)c4ccccc4)[C@H]21)C3(C)C. The van der Waals surface area contributed by atoms with Gasteiger partial charge in [-0.15, -0.1) is 0 Å². The van der Waals surface area contributed by atoms with E-state index in [-0.39, 0.29) is 23.1 Å². The van der Waals surface area contributed by atoms with Gasteiger partial charge in [0.25, 0.3) is 6.43 Å². The number of alkyl carbamates (subject to hydrolysis) is 1. The Kier molecular flexibility index (Phi) is 12.2. The number of hydrogen-bond donors (Lipinski definition) is 3. The number of benzene rings is 1. The number of carbonyl (C=O) groups is 7. The maximum atomic E-state index is 15.7. The highest BCUT2D eigenvalue weighted by Gasteiger charge is 2.83. The smallest absolute Gasteiger partial charge is 0.454 e. The molecule has 19 nitrogen and oxygen atoms in total. The standard InChI is InChI=1S/C42H52F2N2O17/c1-18-23-27(58-36(54)46(9)10)29(50)40(8)21(48)16-22-41(17-56-22,61-19(2)47)28(40)31(59-33(51)20-14-12-11-13-15-20)42(39(23,6)7)30(60-37(55)63-42)26(18)57-34(52)25(49)24(32(43)44)45-35(53)62-38(3,4)5/h11-15,21-22,24-28,30-32,48-49H,16-17H2,1-10H3,(H,45,53)/t21-,22+,24+,25+,26+,27+,28-,30-,31-,40+,41-,42+/m0/s1. The van der Waals surface area contributed by atoms with Gasteiger partial charge in [-0.2, -0.15) is 0 Å². The molecule has 2 amide bonds. The van der Waals surface area contributed by atoms with Gasteiger partial charge in [-0.25, -0.2) is 32.8 Å². The zero-order chi connectivity index (χ0) is 46.9. The van der Waals surface area contributed by atoms with Crippen LogP contribution < -0.4 is 5.32 Å². The van der Waals surface area contributed by atoms with Crippen molar-refractivity contribution >= 4 is 42.0 Å².